The number of rotatable bonds is 9. The molecular weight excluding hydrogens is 547 g/mol. The van der Waals surface area contributed by atoms with Gasteiger partial charge in [-0.1, -0.05) is 11.6 Å². The number of likely N-dealkylation sites (tertiary alicyclic amines) is 1. The molecule has 212 valence electrons. The molecule has 4 N–H and O–H groups in total. The number of hydrazine groups is 1. The number of hydrogen-bond acceptors (Lipinski definition) is 8. The van der Waals surface area contributed by atoms with Crippen molar-refractivity contribution in [3.8, 4) is 5.75 Å². The number of ether oxygens (including phenoxy) is 1. The third kappa shape index (κ3) is 6.87. The first-order valence-corrected chi connectivity index (χ1v) is 12.8. The van der Waals surface area contributed by atoms with Crippen LogP contribution in [0.15, 0.2) is 42.9 Å². The highest BCUT2D eigenvalue weighted by atomic mass is 35.5. The van der Waals surface area contributed by atoms with Gasteiger partial charge in [-0.3, -0.25) is 19.7 Å². The number of alkyl halides is 3. The molecule has 2 aromatic heterocycles. The molecule has 40 heavy (non-hydrogen) atoms. The van der Waals surface area contributed by atoms with Gasteiger partial charge in [0.25, 0.3) is 5.91 Å². The van der Waals surface area contributed by atoms with Gasteiger partial charge in [0.15, 0.2) is 0 Å². The van der Waals surface area contributed by atoms with Crippen LogP contribution in [0, 0.1) is 12.3 Å². The standard InChI is InChI=1S/C27H29ClF3N7O2/c1-16-24(38(33)15-23(32)17-8-21(40-2)13-34-11-17)9-18(12-35-16)26(39)36-20-7-19(14-37-5-3-4-6-37)25(28)22(10-20)27(29,30)31/h7-13,32H,3-6,14-15,33H2,1-2H3,(H,36,39). The number of nitrogens with one attached hydrogen (secondary N) is 2. The highest BCUT2D eigenvalue weighted by Crippen LogP contribution is 2.39. The number of nitrogens with two attached hydrogens (primary N) is 1. The summed E-state index contributed by atoms with van der Waals surface area (Å²) in [4.78, 5) is 23.4. The molecule has 1 fully saturated rings. The van der Waals surface area contributed by atoms with E-state index in [1.165, 1.54) is 42.8 Å². The zero-order chi connectivity index (χ0) is 29.0. The minimum Gasteiger partial charge on any atom is -0.495 e. The minimum absolute atomic E-state index is 0.0324. The Balaban J connectivity index is 1.55. The van der Waals surface area contributed by atoms with Crippen LogP contribution >= 0.6 is 11.6 Å². The Morgan fingerprint density at radius 3 is 2.58 bits per heavy atom. The smallest absolute Gasteiger partial charge is 0.417 e. The number of anilines is 2. The number of aryl methyl sites for hydroxylation is 1. The van der Waals surface area contributed by atoms with Crippen LogP contribution in [0.4, 0.5) is 24.5 Å². The van der Waals surface area contributed by atoms with Crippen molar-refractivity contribution in [1.82, 2.24) is 14.9 Å². The van der Waals surface area contributed by atoms with Gasteiger partial charge in [-0.05, 0) is 62.7 Å². The summed E-state index contributed by atoms with van der Waals surface area (Å²) in [5, 5.41) is 11.8. The van der Waals surface area contributed by atoms with Crippen LogP contribution in [0.5, 0.6) is 5.75 Å². The van der Waals surface area contributed by atoms with Crippen LogP contribution in [-0.4, -0.2) is 53.2 Å². The molecule has 1 aliphatic heterocycles. The van der Waals surface area contributed by atoms with Gasteiger partial charge < -0.3 is 20.5 Å². The number of carbonyl (C=O) groups is 1. The van der Waals surface area contributed by atoms with Gasteiger partial charge in [0.05, 0.1) is 53.1 Å². The van der Waals surface area contributed by atoms with E-state index in [0.717, 1.165) is 32.0 Å². The molecule has 0 radical (unpaired) electrons. The summed E-state index contributed by atoms with van der Waals surface area (Å²) in [6.07, 6.45) is 1.58. The van der Waals surface area contributed by atoms with Crippen molar-refractivity contribution in [1.29, 1.82) is 5.41 Å². The summed E-state index contributed by atoms with van der Waals surface area (Å²) < 4.78 is 46.5. The van der Waals surface area contributed by atoms with E-state index in [2.05, 4.69) is 15.3 Å². The van der Waals surface area contributed by atoms with Crippen LogP contribution in [-0.2, 0) is 12.7 Å². The monoisotopic (exact) mass is 575 g/mol. The molecule has 0 bridgehead atoms. The van der Waals surface area contributed by atoms with Gasteiger partial charge in [-0.15, -0.1) is 0 Å². The first-order chi connectivity index (χ1) is 19.0. The van der Waals surface area contributed by atoms with Gasteiger partial charge in [0.1, 0.15) is 5.75 Å². The van der Waals surface area contributed by atoms with Gasteiger partial charge >= 0.3 is 6.18 Å². The average molecular weight is 576 g/mol. The van der Waals surface area contributed by atoms with E-state index in [-0.39, 0.29) is 40.6 Å². The van der Waals surface area contributed by atoms with E-state index in [1.54, 1.807) is 13.0 Å². The van der Waals surface area contributed by atoms with Crippen molar-refractivity contribution >= 4 is 34.6 Å². The second-order valence-corrected chi connectivity index (χ2v) is 9.86. The van der Waals surface area contributed by atoms with Gasteiger partial charge in [-0.25, -0.2) is 5.84 Å². The SMILES string of the molecule is COc1cncc(C(=N)CN(N)c2cc(C(=O)Nc3cc(CN4CCCC4)c(Cl)c(C(F)(F)F)c3)cnc2C)c1. The van der Waals surface area contributed by atoms with Crippen LogP contribution in [0.1, 0.15) is 45.6 Å². The van der Waals surface area contributed by atoms with Crippen LogP contribution in [0.2, 0.25) is 5.02 Å². The maximum absolute atomic E-state index is 13.8. The molecule has 0 spiro atoms. The fourth-order valence-electron chi connectivity index (χ4n) is 4.44. The normalized spacial score (nSPS) is 13.8. The van der Waals surface area contributed by atoms with Crippen molar-refractivity contribution in [2.75, 3.05) is 37.1 Å². The average Bonchev–Trinajstić information content (AvgIpc) is 3.43. The number of benzene rings is 1. The minimum atomic E-state index is -4.70. The van der Waals surface area contributed by atoms with Crippen LogP contribution in [0.25, 0.3) is 0 Å². The molecule has 1 saturated heterocycles. The first-order valence-electron chi connectivity index (χ1n) is 12.4. The number of carbonyl (C=O) groups excluding carboxylic acids is 1. The second kappa shape index (κ2) is 12.2. The Morgan fingerprint density at radius 2 is 1.90 bits per heavy atom. The molecule has 13 heteroatoms. The second-order valence-electron chi connectivity index (χ2n) is 9.48. The number of pyridine rings is 2. The highest BCUT2D eigenvalue weighted by Gasteiger charge is 2.35. The number of hydrogen-bond donors (Lipinski definition) is 3. The molecule has 3 heterocycles. The largest absolute Gasteiger partial charge is 0.495 e. The van der Waals surface area contributed by atoms with Crippen molar-refractivity contribution in [3.05, 3.63) is 75.8 Å². The van der Waals surface area contributed by atoms with Crippen LogP contribution < -0.4 is 20.9 Å². The summed E-state index contributed by atoms with van der Waals surface area (Å²) >= 11 is 6.16. The van der Waals surface area contributed by atoms with E-state index >= 15 is 0 Å². The zero-order valence-electron chi connectivity index (χ0n) is 22.0. The van der Waals surface area contributed by atoms with Gasteiger partial charge in [0.2, 0.25) is 0 Å². The van der Waals surface area contributed by atoms with Crippen molar-refractivity contribution < 1.29 is 22.7 Å². The van der Waals surface area contributed by atoms with Gasteiger partial charge in [-0.2, -0.15) is 13.2 Å². The van der Waals surface area contributed by atoms with Crippen molar-refractivity contribution in [2.24, 2.45) is 5.84 Å². The molecule has 4 rings (SSSR count). The highest BCUT2D eigenvalue weighted by molar-refractivity contribution is 6.32. The van der Waals surface area contributed by atoms with E-state index in [1.807, 2.05) is 4.90 Å². The predicted molar refractivity (Wildman–Crippen MR) is 147 cm³/mol. The molecule has 0 aliphatic carbocycles. The Bertz CT molecular complexity index is 1410. The first kappa shape index (κ1) is 29.2. The topological polar surface area (TPSA) is 120 Å². The molecule has 0 atom stereocenters. The lowest BCUT2D eigenvalue weighted by Crippen LogP contribution is -2.37. The Kier molecular flexibility index (Phi) is 8.92. The third-order valence-corrected chi connectivity index (χ3v) is 7.01. The van der Waals surface area contributed by atoms with Crippen LogP contribution in [0.3, 0.4) is 0 Å². The Labute approximate surface area is 234 Å². The molecule has 1 aromatic carbocycles. The number of nitrogens with zero attached hydrogens (tertiary/aromatic N) is 4. The Hall–Kier alpha value is -3.74. The maximum atomic E-state index is 13.8. The van der Waals surface area contributed by atoms with E-state index in [0.29, 0.717) is 22.7 Å². The van der Waals surface area contributed by atoms with E-state index in [9.17, 15) is 18.0 Å². The van der Waals surface area contributed by atoms with E-state index < -0.39 is 17.6 Å². The molecule has 9 nitrogen and oxygen atoms in total. The summed E-state index contributed by atoms with van der Waals surface area (Å²) in [6, 6.07) is 5.42. The quantitative estimate of drug-likeness (QED) is 0.185. The number of aromatic nitrogens is 2. The molecule has 0 unspecified atom stereocenters. The lowest BCUT2D eigenvalue weighted by molar-refractivity contribution is -0.137. The van der Waals surface area contributed by atoms with Gasteiger partial charge in [0, 0.05) is 30.2 Å². The summed E-state index contributed by atoms with van der Waals surface area (Å²) in [5.41, 5.74) is 0.837. The number of amides is 1. The number of methoxy groups -OCH3 is 1. The molecule has 0 saturated carbocycles. The van der Waals surface area contributed by atoms with Crippen molar-refractivity contribution in [2.45, 2.75) is 32.5 Å². The summed E-state index contributed by atoms with van der Waals surface area (Å²) in [6.45, 7) is 3.45. The maximum Gasteiger partial charge on any atom is 0.417 e. The summed E-state index contributed by atoms with van der Waals surface area (Å²) in [7, 11) is 1.49. The van der Waals surface area contributed by atoms with Crippen molar-refractivity contribution in [3.63, 3.8) is 0 Å². The van der Waals surface area contributed by atoms with E-state index in [4.69, 9.17) is 27.6 Å². The molecule has 1 amide bonds. The lowest BCUT2D eigenvalue weighted by Gasteiger charge is -2.22. The predicted octanol–water partition coefficient (Wildman–Crippen LogP) is 5.06. The molecule has 3 aromatic rings. The number of halogens is 4. The lowest BCUT2D eigenvalue weighted by atomic mass is 10.1. The fourth-order valence-corrected chi connectivity index (χ4v) is 4.72. The zero-order valence-corrected chi connectivity index (χ0v) is 22.7. The third-order valence-electron chi connectivity index (χ3n) is 6.56. The molecular formula is C27H29ClF3N7O2. The summed E-state index contributed by atoms with van der Waals surface area (Å²) in [5.74, 6) is 6.05. The fraction of sp³-hybridized carbons (Fsp3) is 0.333. The Morgan fingerprint density at radius 1 is 1.18 bits per heavy atom. The molecule has 1 aliphatic rings.